The molecule has 3 nitrogen and oxygen atoms in total. The van der Waals surface area contributed by atoms with Crippen LogP contribution in [0.3, 0.4) is 0 Å². The number of ether oxygens (including phenoxy) is 2. The first-order valence-corrected chi connectivity index (χ1v) is 29.6. The molecular formula is C81H53F6NO2. The van der Waals surface area contributed by atoms with Crippen LogP contribution >= 0.6 is 0 Å². The molecule has 0 spiro atoms. The number of benzene rings is 12. The highest BCUT2D eigenvalue weighted by Gasteiger charge is 2.51. The fourth-order valence-electron chi connectivity index (χ4n) is 14.4. The second-order valence-electron chi connectivity index (χ2n) is 23.6. The zero-order valence-corrected chi connectivity index (χ0v) is 48.8. The molecular weight excluding hydrogens is 1130 g/mol. The monoisotopic (exact) mass is 1190 g/mol. The van der Waals surface area contributed by atoms with Crippen molar-refractivity contribution in [3.63, 3.8) is 0 Å². The molecule has 0 amide bonds. The van der Waals surface area contributed by atoms with Crippen molar-refractivity contribution in [3.8, 4) is 56.4 Å². The van der Waals surface area contributed by atoms with Crippen LogP contribution in [0.25, 0.3) is 45.5 Å². The van der Waals surface area contributed by atoms with E-state index in [0.717, 1.165) is 73.5 Å². The van der Waals surface area contributed by atoms with E-state index in [0.29, 0.717) is 79.9 Å². The molecule has 9 heteroatoms. The molecule has 3 aliphatic rings. The van der Waals surface area contributed by atoms with Gasteiger partial charge in [0.25, 0.3) is 0 Å². The number of nitrogens with zero attached hydrogens (tertiary/aromatic N) is 1. The molecule has 0 fully saturated rings. The summed E-state index contributed by atoms with van der Waals surface area (Å²) in [5.41, 5.74) is 10.7. The fourth-order valence-corrected chi connectivity index (χ4v) is 14.4. The number of fused-ring (bicyclic) bond motifs is 9. The van der Waals surface area contributed by atoms with Crippen LogP contribution in [0.1, 0.15) is 80.6 Å². The summed E-state index contributed by atoms with van der Waals surface area (Å²) in [6, 6.07) is 74.3. The fraction of sp³-hybridized carbons (Fsp3) is 0.0617. The summed E-state index contributed by atoms with van der Waals surface area (Å²) in [7, 11) is 0. The molecule has 0 N–H and O–H groups in total. The highest BCUT2D eigenvalue weighted by atomic mass is 19.2. The zero-order chi connectivity index (χ0) is 61.8. The first-order chi connectivity index (χ1) is 43.7. The summed E-state index contributed by atoms with van der Waals surface area (Å²) in [5.74, 6) is -4.90. The van der Waals surface area contributed by atoms with Gasteiger partial charge in [0.2, 0.25) is 0 Å². The molecule has 0 aliphatic heterocycles. The quantitative estimate of drug-likeness (QED) is 0.0848. The van der Waals surface area contributed by atoms with Crippen molar-refractivity contribution in [3.05, 3.63) is 364 Å². The average Bonchev–Trinajstić information content (AvgIpc) is 1.52. The Kier molecular flexibility index (Phi) is 13.1. The number of anilines is 3. The lowest BCUT2D eigenvalue weighted by Crippen LogP contribution is -2.31. The van der Waals surface area contributed by atoms with Gasteiger partial charge in [-0.15, -0.1) is 0 Å². The van der Waals surface area contributed by atoms with Gasteiger partial charge in [0.15, 0.2) is 23.3 Å². The third kappa shape index (κ3) is 8.51. The second-order valence-corrected chi connectivity index (χ2v) is 23.6. The first kappa shape index (κ1) is 55.7. The molecule has 0 saturated heterocycles. The predicted octanol–water partition coefficient (Wildman–Crippen LogP) is 21.9. The van der Waals surface area contributed by atoms with Crippen molar-refractivity contribution in [1.29, 1.82) is 0 Å². The van der Waals surface area contributed by atoms with Gasteiger partial charge in [-0.25, -0.2) is 26.3 Å². The van der Waals surface area contributed by atoms with Crippen LogP contribution in [-0.4, -0.2) is 0 Å². The van der Waals surface area contributed by atoms with Crippen molar-refractivity contribution < 1.29 is 35.8 Å². The summed E-state index contributed by atoms with van der Waals surface area (Å²) >= 11 is 0. The van der Waals surface area contributed by atoms with E-state index in [2.05, 4.69) is 62.2 Å². The third-order valence-corrected chi connectivity index (χ3v) is 18.5. The Bertz CT molecular complexity index is 4660. The van der Waals surface area contributed by atoms with E-state index >= 15 is 26.3 Å². The maximum atomic E-state index is 17.4. The average molecular weight is 1190 g/mol. The molecule has 0 radical (unpaired) electrons. The van der Waals surface area contributed by atoms with Gasteiger partial charge in [0, 0.05) is 45.7 Å². The van der Waals surface area contributed by atoms with Crippen LogP contribution in [0, 0.1) is 34.9 Å². The SMILES string of the molecule is C=Cc1ccc(Oc2ccc(C3(c4cc(F)c(F)cc4F)c4ccccc4-c4ccc(N(c5ccc6c(c5)C(C)(C)c5ccccc5-6)c5ccc6c(c5)C(c5ccc(Oc7ccc(C=C)cc7)cc5)(c5cc(F)c(F)cc5F)c5ccccc5-6)cc43)cc2)cc1. The highest BCUT2D eigenvalue weighted by molar-refractivity contribution is 5.93. The molecule has 90 heavy (non-hydrogen) atoms. The van der Waals surface area contributed by atoms with Crippen LogP contribution in [0.4, 0.5) is 43.4 Å². The molecule has 2 unspecified atom stereocenters. The number of hydrogen-bond acceptors (Lipinski definition) is 3. The van der Waals surface area contributed by atoms with E-state index in [4.69, 9.17) is 9.47 Å². The third-order valence-electron chi connectivity index (χ3n) is 18.5. The Morgan fingerprint density at radius 2 is 0.611 bits per heavy atom. The maximum Gasteiger partial charge on any atom is 0.161 e. The van der Waals surface area contributed by atoms with Crippen LogP contribution in [-0.2, 0) is 16.2 Å². The van der Waals surface area contributed by atoms with Gasteiger partial charge in [-0.2, -0.15) is 0 Å². The first-order valence-electron chi connectivity index (χ1n) is 29.6. The minimum absolute atomic E-state index is 0.113. The number of hydrogen-bond donors (Lipinski definition) is 0. The van der Waals surface area contributed by atoms with Crippen LogP contribution in [0.5, 0.6) is 23.0 Å². The van der Waals surface area contributed by atoms with Gasteiger partial charge in [0.05, 0.1) is 10.8 Å². The summed E-state index contributed by atoms with van der Waals surface area (Å²) in [5, 5.41) is 0. The van der Waals surface area contributed by atoms with Crippen LogP contribution in [0.15, 0.2) is 262 Å². The second kappa shape index (κ2) is 21.2. The largest absolute Gasteiger partial charge is 0.457 e. The topological polar surface area (TPSA) is 21.7 Å². The molecule has 2 atom stereocenters. The molecule has 0 bridgehead atoms. The Morgan fingerprint density at radius 1 is 0.300 bits per heavy atom. The number of rotatable bonds is 13. The molecule has 15 rings (SSSR count). The van der Waals surface area contributed by atoms with Gasteiger partial charge in [-0.05, 0) is 186 Å². The lowest BCUT2D eigenvalue weighted by molar-refractivity contribution is 0.480. The van der Waals surface area contributed by atoms with Gasteiger partial charge in [0.1, 0.15) is 34.6 Å². The lowest BCUT2D eigenvalue weighted by atomic mass is 9.67. The van der Waals surface area contributed by atoms with Crippen molar-refractivity contribution in [2.75, 3.05) is 4.90 Å². The van der Waals surface area contributed by atoms with E-state index in [-0.39, 0.29) is 11.1 Å². The Hall–Kier alpha value is -10.9. The zero-order valence-electron chi connectivity index (χ0n) is 48.8. The molecule has 0 heterocycles. The van der Waals surface area contributed by atoms with Crippen molar-refractivity contribution in [2.24, 2.45) is 0 Å². The molecule has 12 aromatic rings. The maximum absolute atomic E-state index is 17.4. The Morgan fingerprint density at radius 3 is 1.00 bits per heavy atom. The minimum Gasteiger partial charge on any atom is -0.457 e. The van der Waals surface area contributed by atoms with Gasteiger partial charge >= 0.3 is 0 Å². The van der Waals surface area contributed by atoms with E-state index in [1.807, 2.05) is 170 Å². The van der Waals surface area contributed by atoms with Gasteiger partial charge in [-0.1, -0.05) is 179 Å². The normalized spacial score (nSPS) is 16.0. The Labute approximate surface area is 517 Å². The Balaban J connectivity index is 0.975. The summed E-state index contributed by atoms with van der Waals surface area (Å²) in [4.78, 5) is 2.09. The van der Waals surface area contributed by atoms with E-state index in [1.165, 1.54) is 0 Å². The molecule has 12 aromatic carbocycles. The summed E-state index contributed by atoms with van der Waals surface area (Å²) in [6.45, 7) is 12.1. The number of halogens is 6. The van der Waals surface area contributed by atoms with Gasteiger partial charge < -0.3 is 14.4 Å². The van der Waals surface area contributed by atoms with Crippen LogP contribution in [0.2, 0.25) is 0 Å². The smallest absolute Gasteiger partial charge is 0.161 e. The predicted molar refractivity (Wildman–Crippen MR) is 346 cm³/mol. The van der Waals surface area contributed by atoms with Gasteiger partial charge in [-0.3, -0.25) is 0 Å². The van der Waals surface area contributed by atoms with Crippen molar-refractivity contribution >= 4 is 29.2 Å². The standard InChI is InChI=1S/C81H53F6NO2/c1-5-48-19-30-55(31-20-48)89-57-34-23-50(24-35-57)80(71-44-75(84)77(86)46-73(71)82)66-17-11-8-14-60(66)63-39-28-53(42-69(63)80)88(52-27-38-62-59-13-7-10-16-65(59)79(3,4)68(62)41-52)54-29-40-64-61-15-9-12-18-67(61)81(70(64)43-54,72-45-76(85)78(87)47-74(72)83)51-25-36-58(37-26-51)90-56-32-21-49(6-2)22-33-56/h5-47H,1-2H2,3-4H3. The van der Waals surface area contributed by atoms with E-state index in [9.17, 15) is 0 Å². The van der Waals surface area contributed by atoms with Crippen molar-refractivity contribution in [2.45, 2.75) is 30.1 Å². The summed E-state index contributed by atoms with van der Waals surface area (Å²) in [6.07, 6.45) is 3.48. The highest BCUT2D eigenvalue weighted by Crippen LogP contribution is 2.61. The van der Waals surface area contributed by atoms with Crippen LogP contribution < -0.4 is 14.4 Å². The molecule has 0 aromatic heterocycles. The van der Waals surface area contributed by atoms with E-state index in [1.54, 1.807) is 36.4 Å². The molecule has 436 valence electrons. The molecule has 3 aliphatic carbocycles. The summed E-state index contributed by atoms with van der Waals surface area (Å²) < 4.78 is 111. The van der Waals surface area contributed by atoms with E-state index < -0.39 is 51.1 Å². The van der Waals surface area contributed by atoms with Crippen molar-refractivity contribution in [1.82, 2.24) is 0 Å². The molecule has 0 saturated carbocycles. The minimum atomic E-state index is -1.61. The lowest BCUT2D eigenvalue weighted by Gasteiger charge is -2.36.